The number of aromatic nitrogens is 4. The molecule has 0 aromatic carbocycles. The van der Waals surface area contributed by atoms with Gasteiger partial charge in [-0.1, -0.05) is 11.6 Å². The molecule has 0 amide bonds. The van der Waals surface area contributed by atoms with E-state index in [0.717, 1.165) is 22.5 Å². The number of aryl methyl sites for hydroxylation is 2. The maximum absolute atomic E-state index is 6.11. The first-order chi connectivity index (χ1) is 8.02. The van der Waals surface area contributed by atoms with Crippen LogP contribution in [0.15, 0.2) is 17.0 Å². The molecule has 17 heavy (non-hydrogen) atoms. The fourth-order valence-electron chi connectivity index (χ4n) is 1.58. The van der Waals surface area contributed by atoms with Crippen LogP contribution in [0.25, 0.3) is 0 Å². The maximum atomic E-state index is 6.11. The van der Waals surface area contributed by atoms with E-state index in [2.05, 4.69) is 26.1 Å². The van der Waals surface area contributed by atoms with Crippen molar-refractivity contribution in [3.05, 3.63) is 22.1 Å². The fourth-order valence-corrected chi connectivity index (χ4v) is 2.47. The molecular weight excluding hydrogens is 306 g/mol. The summed E-state index contributed by atoms with van der Waals surface area (Å²) in [6, 6.07) is 0. The summed E-state index contributed by atoms with van der Waals surface area (Å²) in [4.78, 5) is 1.96. The second kappa shape index (κ2) is 4.70. The normalized spacial score (nSPS) is 10.9. The molecule has 0 aliphatic heterocycles. The van der Waals surface area contributed by atoms with Gasteiger partial charge >= 0.3 is 0 Å². The van der Waals surface area contributed by atoms with Gasteiger partial charge in [-0.05, 0) is 22.9 Å². The van der Waals surface area contributed by atoms with Crippen LogP contribution in [-0.4, -0.2) is 26.6 Å². The lowest BCUT2D eigenvalue weighted by molar-refractivity contribution is 0.660. The molecule has 2 aromatic heterocycles. The third-order valence-electron chi connectivity index (χ3n) is 2.51. The van der Waals surface area contributed by atoms with E-state index >= 15 is 0 Å². The zero-order valence-corrected chi connectivity index (χ0v) is 12.2. The molecule has 0 aliphatic carbocycles. The van der Waals surface area contributed by atoms with Gasteiger partial charge in [-0.3, -0.25) is 9.36 Å². The highest BCUT2D eigenvalue weighted by Crippen LogP contribution is 2.33. The van der Waals surface area contributed by atoms with Crippen LogP contribution in [0.2, 0.25) is 5.15 Å². The molecule has 0 saturated carbocycles. The van der Waals surface area contributed by atoms with Gasteiger partial charge in [-0.2, -0.15) is 10.2 Å². The van der Waals surface area contributed by atoms with Gasteiger partial charge in [0.15, 0.2) is 9.76 Å². The SMILES string of the molecule is CCn1cc(N(C)c2cn(C)nc2Br)c(Cl)n1. The van der Waals surface area contributed by atoms with E-state index in [4.69, 9.17) is 11.6 Å². The van der Waals surface area contributed by atoms with Gasteiger partial charge in [0, 0.05) is 26.8 Å². The second-order valence-electron chi connectivity index (χ2n) is 3.70. The highest BCUT2D eigenvalue weighted by molar-refractivity contribution is 9.10. The smallest absolute Gasteiger partial charge is 0.174 e. The average molecular weight is 319 g/mol. The van der Waals surface area contributed by atoms with Crippen molar-refractivity contribution in [3.63, 3.8) is 0 Å². The summed E-state index contributed by atoms with van der Waals surface area (Å²) in [5, 5.41) is 8.94. The molecule has 0 radical (unpaired) electrons. The van der Waals surface area contributed by atoms with Gasteiger partial charge in [-0.15, -0.1) is 0 Å². The third kappa shape index (κ3) is 2.32. The van der Waals surface area contributed by atoms with Crippen LogP contribution in [0.5, 0.6) is 0 Å². The predicted molar refractivity (Wildman–Crippen MR) is 71.9 cm³/mol. The molecule has 92 valence electrons. The molecule has 0 N–H and O–H groups in total. The van der Waals surface area contributed by atoms with Crippen molar-refractivity contribution in [1.82, 2.24) is 19.6 Å². The minimum atomic E-state index is 0.491. The standard InChI is InChI=1S/C10H13BrClN5/c1-4-17-6-8(10(12)14-17)16(3)7-5-15(2)13-9(7)11/h5-6H,4H2,1-3H3. The lowest BCUT2D eigenvalue weighted by Crippen LogP contribution is -2.08. The van der Waals surface area contributed by atoms with Crippen molar-refractivity contribution in [3.8, 4) is 0 Å². The van der Waals surface area contributed by atoms with Crippen molar-refractivity contribution in [2.45, 2.75) is 13.5 Å². The van der Waals surface area contributed by atoms with Crippen molar-refractivity contribution in [2.24, 2.45) is 7.05 Å². The number of anilines is 2. The van der Waals surface area contributed by atoms with Crippen LogP contribution in [-0.2, 0) is 13.6 Å². The molecule has 2 heterocycles. The number of nitrogens with zero attached hydrogens (tertiary/aromatic N) is 5. The van der Waals surface area contributed by atoms with Crippen molar-refractivity contribution >= 4 is 38.9 Å². The van der Waals surface area contributed by atoms with E-state index in [9.17, 15) is 0 Å². The van der Waals surface area contributed by atoms with Crippen LogP contribution in [0.4, 0.5) is 11.4 Å². The number of hydrogen-bond donors (Lipinski definition) is 0. The third-order valence-corrected chi connectivity index (χ3v) is 3.35. The van der Waals surface area contributed by atoms with Crippen molar-refractivity contribution < 1.29 is 0 Å². The summed E-state index contributed by atoms with van der Waals surface area (Å²) in [6.45, 7) is 2.81. The summed E-state index contributed by atoms with van der Waals surface area (Å²) < 4.78 is 4.33. The largest absolute Gasteiger partial charge is 0.337 e. The van der Waals surface area contributed by atoms with Crippen LogP contribution in [0.1, 0.15) is 6.92 Å². The molecule has 0 saturated heterocycles. The van der Waals surface area contributed by atoms with Gasteiger partial charge < -0.3 is 4.90 Å². The molecule has 0 fully saturated rings. The first kappa shape index (κ1) is 12.4. The van der Waals surface area contributed by atoms with Gasteiger partial charge in [0.1, 0.15) is 0 Å². The van der Waals surface area contributed by atoms with Crippen LogP contribution in [0.3, 0.4) is 0 Å². The summed E-state index contributed by atoms with van der Waals surface area (Å²) in [6.07, 6.45) is 3.84. The molecule has 2 rings (SSSR count). The van der Waals surface area contributed by atoms with Crippen molar-refractivity contribution in [2.75, 3.05) is 11.9 Å². The van der Waals surface area contributed by atoms with E-state index in [1.165, 1.54) is 0 Å². The molecule has 5 nitrogen and oxygen atoms in total. The molecule has 0 bridgehead atoms. The summed E-state index contributed by atoms with van der Waals surface area (Å²) in [5.74, 6) is 0. The Balaban J connectivity index is 2.39. The number of hydrogen-bond acceptors (Lipinski definition) is 3. The predicted octanol–water partition coefficient (Wildman–Crippen LogP) is 2.82. The highest BCUT2D eigenvalue weighted by atomic mass is 79.9. The quantitative estimate of drug-likeness (QED) is 0.873. The molecule has 2 aromatic rings. The Morgan fingerprint density at radius 3 is 2.53 bits per heavy atom. The Kier molecular flexibility index (Phi) is 3.44. The van der Waals surface area contributed by atoms with E-state index in [1.54, 1.807) is 9.36 Å². The molecule has 0 aliphatic rings. The maximum Gasteiger partial charge on any atom is 0.174 e. The van der Waals surface area contributed by atoms with Crippen LogP contribution >= 0.6 is 27.5 Å². The molecule has 0 atom stereocenters. The first-order valence-electron chi connectivity index (χ1n) is 5.18. The lowest BCUT2D eigenvalue weighted by atomic mass is 10.4. The molecule has 7 heteroatoms. The van der Waals surface area contributed by atoms with E-state index in [0.29, 0.717) is 5.15 Å². The minimum absolute atomic E-state index is 0.491. The minimum Gasteiger partial charge on any atom is -0.337 e. The van der Waals surface area contributed by atoms with Gasteiger partial charge in [0.2, 0.25) is 0 Å². The van der Waals surface area contributed by atoms with E-state index in [1.807, 2.05) is 38.3 Å². The second-order valence-corrected chi connectivity index (χ2v) is 4.81. The van der Waals surface area contributed by atoms with Crippen molar-refractivity contribution in [1.29, 1.82) is 0 Å². The van der Waals surface area contributed by atoms with E-state index < -0.39 is 0 Å². The van der Waals surface area contributed by atoms with Gasteiger partial charge in [0.05, 0.1) is 17.6 Å². The van der Waals surface area contributed by atoms with Gasteiger partial charge in [0.25, 0.3) is 0 Å². The lowest BCUT2D eigenvalue weighted by Gasteiger charge is -2.15. The zero-order chi connectivity index (χ0) is 12.6. The summed E-state index contributed by atoms with van der Waals surface area (Å²) in [5.41, 5.74) is 1.81. The Labute approximate surface area is 113 Å². The topological polar surface area (TPSA) is 38.9 Å². The Morgan fingerprint density at radius 2 is 2.06 bits per heavy atom. The average Bonchev–Trinajstić information content (AvgIpc) is 2.81. The molecular formula is C10H13BrClN5. The first-order valence-corrected chi connectivity index (χ1v) is 6.35. The number of rotatable bonds is 3. The fraction of sp³-hybridized carbons (Fsp3) is 0.400. The zero-order valence-electron chi connectivity index (χ0n) is 9.85. The Morgan fingerprint density at radius 1 is 1.35 bits per heavy atom. The summed E-state index contributed by atoms with van der Waals surface area (Å²) in [7, 11) is 3.81. The highest BCUT2D eigenvalue weighted by Gasteiger charge is 2.16. The molecule has 0 spiro atoms. The van der Waals surface area contributed by atoms with E-state index in [-0.39, 0.29) is 0 Å². The summed E-state index contributed by atoms with van der Waals surface area (Å²) >= 11 is 9.53. The van der Waals surface area contributed by atoms with Crippen LogP contribution in [0, 0.1) is 0 Å². The number of halogens is 2. The van der Waals surface area contributed by atoms with Crippen LogP contribution < -0.4 is 4.90 Å². The molecule has 0 unspecified atom stereocenters. The van der Waals surface area contributed by atoms with Gasteiger partial charge in [-0.25, -0.2) is 0 Å². The Hall–Kier alpha value is -1.01. The Bertz CT molecular complexity index is 533. The monoisotopic (exact) mass is 317 g/mol.